The molecule has 0 aliphatic carbocycles. The number of nitrogens with one attached hydrogen (secondary N) is 1. The van der Waals surface area contributed by atoms with E-state index in [1.165, 1.54) is 5.69 Å². The molecule has 0 amide bonds. The Hall–Kier alpha value is -2.50. The van der Waals surface area contributed by atoms with Crippen molar-refractivity contribution in [1.82, 2.24) is 14.9 Å². The predicted molar refractivity (Wildman–Crippen MR) is 114 cm³/mol. The Kier molecular flexibility index (Phi) is 6.14. The lowest BCUT2D eigenvalue weighted by atomic mass is 10.1. The topological polar surface area (TPSA) is 44.4 Å². The first-order valence-electron chi connectivity index (χ1n) is 9.73. The van der Waals surface area contributed by atoms with Crippen LogP contribution in [-0.4, -0.2) is 54.2 Å². The number of nitrogens with zero attached hydrogens (tertiary/aromatic N) is 3. The molecule has 3 aromatic rings. The highest BCUT2D eigenvalue weighted by molar-refractivity contribution is 6.30. The fourth-order valence-corrected chi connectivity index (χ4v) is 3.78. The van der Waals surface area contributed by atoms with Crippen LogP contribution in [-0.2, 0) is 0 Å². The molecule has 5 nitrogen and oxygen atoms in total. The zero-order chi connectivity index (χ0) is 19.2. The van der Waals surface area contributed by atoms with Crippen LogP contribution in [0.2, 0.25) is 5.02 Å². The van der Waals surface area contributed by atoms with E-state index in [2.05, 4.69) is 31.9 Å². The monoisotopic (exact) mass is 396 g/mol. The summed E-state index contributed by atoms with van der Waals surface area (Å²) in [7, 11) is 0. The lowest BCUT2D eigenvalue weighted by molar-refractivity contribution is 0.225. The largest absolute Gasteiger partial charge is 0.493 e. The first-order chi connectivity index (χ1) is 13.8. The van der Waals surface area contributed by atoms with Crippen molar-refractivity contribution in [1.29, 1.82) is 0 Å². The Morgan fingerprint density at radius 1 is 1.04 bits per heavy atom. The molecule has 0 bridgehead atoms. The van der Waals surface area contributed by atoms with E-state index in [1.54, 1.807) is 6.33 Å². The van der Waals surface area contributed by atoms with Gasteiger partial charge in [-0.05, 0) is 36.8 Å². The fraction of sp³-hybridized carbons (Fsp3) is 0.318. The molecule has 2 aromatic carbocycles. The molecule has 28 heavy (non-hydrogen) atoms. The third kappa shape index (κ3) is 4.66. The molecule has 0 radical (unpaired) electrons. The minimum Gasteiger partial charge on any atom is -0.493 e. The van der Waals surface area contributed by atoms with Gasteiger partial charge in [-0.3, -0.25) is 4.90 Å². The smallest absolute Gasteiger partial charge is 0.128 e. The van der Waals surface area contributed by atoms with Gasteiger partial charge in [0.05, 0.1) is 24.8 Å². The number of H-pyrrole nitrogens is 1. The maximum absolute atomic E-state index is 6.12. The van der Waals surface area contributed by atoms with Gasteiger partial charge in [-0.1, -0.05) is 29.8 Å². The van der Waals surface area contributed by atoms with E-state index in [1.807, 2.05) is 42.6 Å². The summed E-state index contributed by atoms with van der Waals surface area (Å²) in [6.45, 7) is 5.96. The van der Waals surface area contributed by atoms with Gasteiger partial charge < -0.3 is 14.6 Å². The molecule has 1 N–H and O–H groups in total. The number of hydrogen-bond donors (Lipinski definition) is 1. The normalized spacial score (nSPS) is 15.0. The van der Waals surface area contributed by atoms with E-state index in [9.17, 15) is 0 Å². The predicted octanol–water partition coefficient (Wildman–Crippen LogP) is 4.32. The van der Waals surface area contributed by atoms with Crippen LogP contribution in [0, 0.1) is 0 Å². The van der Waals surface area contributed by atoms with Gasteiger partial charge in [-0.25, -0.2) is 4.98 Å². The van der Waals surface area contributed by atoms with Gasteiger partial charge >= 0.3 is 0 Å². The van der Waals surface area contributed by atoms with Crippen LogP contribution >= 0.6 is 11.6 Å². The quantitative estimate of drug-likeness (QED) is 0.604. The van der Waals surface area contributed by atoms with Gasteiger partial charge in [0.1, 0.15) is 5.75 Å². The molecule has 0 unspecified atom stereocenters. The fourth-order valence-electron chi connectivity index (χ4n) is 3.59. The Balaban J connectivity index is 1.22. The van der Waals surface area contributed by atoms with Crippen molar-refractivity contribution in [3.63, 3.8) is 0 Å². The molecule has 0 saturated carbocycles. The lowest BCUT2D eigenvalue weighted by Gasteiger charge is -2.36. The molecule has 6 heteroatoms. The summed E-state index contributed by atoms with van der Waals surface area (Å²) in [5, 5.41) is 0.799. The molecule has 4 rings (SSSR count). The SMILES string of the molecule is Clc1cccc(N2CCN(CCCOc3ccccc3-c3cnc[nH]3)CC2)c1. The zero-order valence-electron chi connectivity index (χ0n) is 15.9. The van der Waals surface area contributed by atoms with Crippen LogP contribution < -0.4 is 9.64 Å². The van der Waals surface area contributed by atoms with Gasteiger partial charge in [-0.2, -0.15) is 0 Å². The number of halogens is 1. The van der Waals surface area contributed by atoms with Crippen LogP contribution in [0.5, 0.6) is 5.75 Å². The third-order valence-electron chi connectivity index (χ3n) is 5.10. The molecule has 1 aliphatic heterocycles. The van der Waals surface area contributed by atoms with Crippen molar-refractivity contribution in [3.8, 4) is 17.0 Å². The molecule has 1 aromatic heterocycles. The highest BCUT2D eigenvalue weighted by atomic mass is 35.5. The summed E-state index contributed by atoms with van der Waals surface area (Å²) >= 11 is 6.12. The highest BCUT2D eigenvalue weighted by Crippen LogP contribution is 2.28. The molecule has 0 spiro atoms. The van der Waals surface area contributed by atoms with E-state index < -0.39 is 0 Å². The summed E-state index contributed by atoms with van der Waals surface area (Å²) < 4.78 is 6.06. The van der Waals surface area contributed by atoms with Crippen molar-refractivity contribution >= 4 is 17.3 Å². The number of aromatic amines is 1. The molecule has 1 fully saturated rings. The third-order valence-corrected chi connectivity index (χ3v) is 5.33. The van der Waals surface area contributed by atoms with Crippen LogP contribution in [0.3, 0.4) is 0 Å². The first-order valence-corrected chi connectivity index (χ1v) is 10.1. The van der Waals surface area contributed by atoms with Crippen LogP contribution in [0.15, 0.2) is 61.1 Å². The highest BCUT2D eigenvalue weighted by Gasteiger charge is 2.17. The van der Waals surface area contributed by atoms with Gasteiger partial charge in [0.2, 0.25) is 0 Å². The van der Waals surface area contributed by atoms with E-state index >= 15 is 0 Å². The summed E-state index contributed by atoms with van der Waals surface area (Å²) in [6.07, 6.45) is 4.52. The van der Waals surface area contributed by atoms with Crippen molar-refractivity contribution in [2.45, 2.75) is 6.42 Å². The number of rotatable bonds is 7. The number of piperazine rings is 1. The summed E-state index contributed by atoms with van der Waals surface area (Å²) in [5.74, 6) is 0.900. The lowest BCUT2D eigenvalue weighted by Crippen LogP contribution is -2.46. The standard InChI is InChI=1S/C22H25ClN4O/c23-18-5-3-6-19(15-18)27-12-10-26(11-13-27)9-4-14-28-22-8-2-1-7-20(22)21-16-24-17-25-21/h1-3,5-8,15-17H,4,9-14H2,(H,24,25). The van der Waals surface area contributed by atoms with Crippen molar-refractivity contribution < 1.29 is 4.74 Å². The van der Waals surface area contributed by atoms with Crippen LogP contribution in [0.4, 0.5) is 5.69 Å². The number of benzene rings is 2. The molecule has 1 saturated heterocycles. The summed E-state index contributed by atoms with van der Waals surface area (Å²) in [4.78, 5) is 12.2. The first kappa shape index (κ1) is 18.8. The van der Waals surface area contributed by atoms with Crippen LogP contribution in [0.25, 0.3) is 11.3 Å². The average molecular weight is 397 g/mol. The molecular weight excluding hydrogens is 372 g/mol. The average Bonchev–Trinajstić information content (AvgIpc) is 3.27. The Morgan fingerprint density at radius 2 is 1.89 bits per heavy atom. The summed E-state index contributed by atoms with van der Waals surface area (Å²) in [6, 6.07) is 16.2. The summed E-state index contributed by atoms with van der Waals surface area (Å²) in [5.41, 5.74) is 3.24. The molecule has 1 aliphatic rings. The van der Waals surface area contributed by atoms with E-state index in [0.717, 1.165) is 61.2 Å². The van der Waals surface area contributed by atoms with E-state index in [-0.39, 0.29) is 0 Å². The number of ether oxygens (including phenoxy) is 1. The van der Waals surface area contributed by atoms with Crippen molar-refractivity contribution in [2.24, 2.45) is 0 Å². The van der Waals surface area contributed by atoms with E-state index in [0.29, 0.717) is 6.61 Å². The molecule has 146 valence electrons. The number of imidazole rings is 1. The second-order valence-electron chi connectivity index (χ2n) is 6.97. The van der Waals surface area contributed by atoms with Gasteiger partial charge in [0, 0.05) is 49.0 Å². The van der Waals surface area contributed by atoms with Gasteiger partial charge in [-0.15, -0.1) is 0 Å². The van der Waals surface area contributed by atoms with Gasteiger partial charge in [0.15, 0.2) is 0 Å². The Bertz CT molecular complexity index is 876. The van der Waals surface area contributed by atoms with E-state index in [4.69, 9.17) is 16.3 Å². The zero-order valence-corrected chi connectivity index (χ0v) is 16.6. The molecule has 0 atom stereocenters. The minimum atomic E-state index is 0.708. The van der Waals surface area contributed by atoms with Crippen LogP contribution in [0.1, 0.15) is 6.42 Å². The minimum absolute atomic E-state index is 0.708. The Labute approximate surface area is 170 Å². The number of hydrogen-bond acceptors (Lipinski definition) is 4. The molecular formula is C22H25ClN4O. The number of aromatic nitrogens is 2. The number of anilines is 1. The maximum atomic E-state index is 6.12. The number of para-hydroxylation sites is 1. The second-order valence-corrected chi connectivity index (χ2v) is 7.41. The van der Waals surface area contributed by atoms with Crippen molar-refractivity contribution in [2.75, 3.05) is 44.2 Å². The maximum Gasteiger partial charge on any atom is 0.128 e. The van der Waals surface area contributed by atoms with Gasteiger partial charge in [0.25, 0.3) is 0 Å². The van der Waals surface area contributed by atoms with Crippen molar-refractivity contribution in [3.05, 3.63) is 66.1 Å². The second kappa shape index (κ2) is 9.13. The Morgan fingerprint density at radius 3 is 2.68 bits per heavy atom. The molecule has 2 heterocycles.